The number of nitrogens with one attached hydrogen (secondary N) is 3. The molecule has 0 aliphatic heterocycles. The van der Waals surface area contributed by atoms with Gasteiger partial charge in [-0.05, 0) is 72.9 Å². The van der Waals surface area contributed by atoms with Gasteiger partial charge in [-0.1, -0.05) is 18.5 Å². The second kappa shape index (κ2) is 9.36. The van der Waals surface area contributed by atoms with Crippen LogP contribution in [0.1, 0.15) is 23.9 Å². The van der Waals surface area contributed by atoms with Crippen LogP contribution in [0.4, 0.5) is 11.4 Å². The van der Waals surface area contributed by atoms with E-state index in [2.05, 4.69) is 16.0 Å². The van der Waals surface area contributed by atoms with E-state index in [4.69, 9.17) is 28.2 Å². The fourth-order valence-corrected chi connectivity index (χ4v) is 2.79. The molecule has 8 heteroatoms. The Morgan fingerprint density at radius 1 is 0.931 bits per heavy atom. The van der Waals surface area contributed by atoms with Crippen molar-refractivity contribution in [2.75, 3.05) is 10.6 Å². The van der Waals surface area contributed by atoms with Gasteiger partial charge < -0.3 is 20.4 Å². The first-order valence-corrected chi connectivity index (χ1v) is 9.61. The van der Waals surface area contributed by atoms with Gasteiger partial charge in [0.2, 0.25) is 5.91 Å². The standard InChI is InChI=1S/C21H18ClN3O3S/c1-2-19(26)25-21(29)24-16-9-7-15(8-10-16)23-20(27)18-12-11-17(28-18)13-3-5-14(22)6-4-13/h3-12H,2H2,1H3,(H,23,27)(H2,24,25,26,29). The van der Waals surface area contributed by atoms with Gasteiger partial charge in [-0.25, -0.2) is 0 Å². The van der Waals surface area contributed by atoms with Crippen LogP contribution in [0.15, 0.2) is 65.1 Å². The number of hydrogen-bond donors (Lipinski definition) is 3. The highest BCUT2D eigenvalue weighted by molar-refractivity contribution is 7.80. The highest BCUT2D eigenvalue weighted by Crippen LogP contribution is 2.24. The summed E-state index contributed by atoms with van der Waals surface area (Å²) < 4.78 is 5.64. The molecule has 2 amide bonds. The Morgan fingerprint density at radius 3 is 2.17 bits per heavy atom. The van der Waals surface area contributed by atoms with Crippen LogP contribution in [0.25, 0.3) is 11.3 Å². The van der Waals surface area contributed by atoms with E-state index in [0.29, 0.717) is 28.6 Å². The van der Waals surface area contributed by atoms with E-state index in [-0.39, 0.29) is 22.7 Å². The molecule has 29 heavy (non-hydrogen) atoms. The van der Waals surface area contributed by atoms with Gasteiger partial charge >= 0.3 is 0 Å². The molecule has 0 aliphatic rings. The highest BCUT2D eigenvalue weighted by Gasteiger charge is 2.13. The van der Waals surface area contributed by atoms with Gasteiger partial charge in [0.25, 0.3) is 5.91 Å². The molecule has 0 radical (unpaired) electrons. The van der Waals surface area contributed by atoms with Crippen LogP contribution in [0, 0.1) is 0 Å². The zero-order valence-electron chi connectivity index (χ0n) is 15.5. The lowest BCUT2D eigenvalue weighted by molar-refractivity contribution is -0.119. The summed E-state index contributed by atoms with van der Waals surface area (Å²) in [4.78, 5) is 23.7. The fraction of sp³-hybridized carbons (Fsp3) is 0.0952. The number of thiocarbonyl (C=S) groups is 1. The van der Waals surface area contributed by atoms with Crippen LogP contribution >= 0.6 is 23.8 Å². The third-order valence-electron chi connectivity index (χ3n) is 3.93. The zero-order chi connectivity index (χ0) is 20.8. The third kappa shape index (κ3) is 5.66. The molecule has 0 fully saturated rings. The molecule has 0 saturated heterocycles. The molecule has 148 valence electrons. The molecule has 0 unspecified atom stereocenters. The van der Waals surface area contributed by atoms with Crippen molar-refractivity contribution in [2.45, 2.75) is 13.3 Å². The van der Waals surface area contributed by atoms with Gasteiger partial charge in [-0.3, -0.25) is 9.59 Å². The predicted molar refractivity (Wildman–Crippen MR) is 118 cm³/mol. The fourth-order valence-electron chi connectivity index (χ4n) is 2.44. The number of anilines is 2. The first kappa shape index (κ1) is 20.6. The van der Waals surface area contributed by atoms with Crippen molar-refractivity contribution in [1.82, 2.24) is 5.32 Å². The number of carbonyl (C=O) groups is 2. The van der Waals surface area contributed by atoms with Crippen LogP contribution in [0.2, 0.25) is 5.02 Å². The van der Waals surface area contributed by atoms with E-state index in [9.17, 15) is 9.59 Å². The van der Waals surface area contributed by atoms with Crippen LogP contribution in [0.3, 0.4) is 0 Å². The third-order valence-corrected chi connectivity index (χ3v) is 4.39. The van der Waals surface area contributed by atoms with Gasteiger partial charge in [-0.15, -0.1) is 0 Å². The number of amides is 2. The molecular weight excluding hydrogens is 410 g/mol. The second-order valence-corrected chi connectivity index (χ2v) is 6.90. The van der Waals surface area contributed by atoms with Crippen LogP contribution < -0.4 is 16.0 Å². The average Bonchev–Trinajstić information content (AvgIpc) is 3.20. The van der Waals surface area contributed by atoms with Gasteiger partial charge in [0, 0.05) is 28.4 Å². The Bertz CT molecular complexity index is 1030. The summed E-state index contributed by atoms with van der Waals surface area (Å²) in [6.07, 6.45) is 0.347. The molecule has 0 bridgehead atoms. The molecule has 2 aromatic carbocycles. The first-order valence-electron chi connectivity index (χ1n) is 8.82. The number of benzene rings is 2. The predicted octanol–water partition coefficient (Wildman–Crippen LogP) is 5.08. The molecular formula is C21H18ClN3O3S. The second-order valence-electron chi connectivity index (χ2n) is 6.06. The summed E-state index contributed by atoms with van der Waals surface area (Å²) in [5, 5.41) is 9.08. The Labute approximate surface area is 178 Å². The van der Waals surface area contributed by atoms with E-state index < -0.39 is 0 Å². The van der Waals surface area contributed by atoms with Gasteiger partial charge in [-0.2, -0.15) is 0 Å². The summed E-state index contributed by atoms with van der Waals surface area (Å²) >= 11 is 11.0. The quantitative estimate of drug-likeness (QED) is 0.495. The van der Waals surface area contributed by atoms with Crippen LogP contribution in [0.5, 0.6) is 0 Å². The van der Waals surface area contributed by atoms with E-state index in [1.54, 1.807) is 55.5 Å². The number of rotatable bonds is 5. The molecule has 0 saturated carbocycles. The van der Waals surface area contributed by atoms with Crippen molar-refractivity contribution in [1.29, 1.82) is 0 Å². The minimum absolute atomic E-state index is 0.164. The lowest BCUT2D eigenvalue weighted by Crippen LogP contribution is -2.33. The summed E-state index contributed by atoms with van der Waals surface area (Å²) in [6.45, 7) is 1.74. The molecule has 6 nitrogen and oxygen atoms in total. The Kier molecular flexibility index (Phi) is 6.64. The summed E-state index contributed by atoms with van der Waals surface area (Å²) in [7, 11) is 0. The number of halogens is 1. The van der Waals surface area contributed by atoms with E-state index in [1.165, 1.54) is 0 Å². The van der Waals surface area contributed by atoms with Gasteiger partial charge in [0.1, 0.15) is 5.76 Å². The maximum Gasteiger partial charge on any atom is 0.291 e. The first-order chi connectivity index (χ1) is 13.9. The molecule has 3 aromatic rings. The summed E-state index contributed by atoms with van der Waals surface area (Å²) in [6, 6.07) is 17.4. The van der Waals surface area contributed by atoms with Gasteiger partial charge in [0.15, 0.2) is 10.9 Å². The van der Waals surface area contributed by atoms with Crippen LogP contribution in [-0.4, -0.2) is 16.9 Å². The zero-order valence-corrected chi connectivity index (χ0v) is 17.1. The minimum atomic E-state index is -0.364. The van der Waals surface area contributed by atoms with Crippen LogP contribution in [-0.2, 0) is 4.79 Å². The summed E-state index contributed by atoms with van der Waals surface area (Å²) in [5.74, 6) is 0.245. The molecule has 1 aromatic heterocycles. The normalized spacial score (nSPS) is 10.3. The maximum absolute atomic E-state index is 12.4. The smallest absolute Gasteiger partial charge is 0.291 e. The molecule has 3 N–H and O–H groups in total. The molecule has 0 atom stereocenters. The summed E-state index contributed by atoms with van der Waals surface area (Å²) in [5.41, 5.74) is 2.11. The lowest BCUT2D eigenvalue weighted by atomic mass is 10.2. The Balaban J connectivity index is 1.60. The van der Waals surface area contributed by atoms with E-state index >= 15 is 0 Å². The average molecular weight is 428 g/mol. The van der Waals surface area contributed by atoms with Crippen molar-refractivity contribution >= 4 is 52.1 Å². The Morgan fingerprint density at radius 2 is 1.55 bits per heavy atom. The molecule has 0 aliphatic carbocycles. The topological polar surface area (TPSA) is 83.4 Å². The number of hydrogen-bond acceptors (Lipinski definition) is 4. The number of carbonyl (C=O) groups excluding carboxylic acids is 2. The molecule has 0 spiro atoms. The van der Waals surface area contributed by atoms with E-state index in [1.807, 2.05) is 12.1 Å². The monoisotopic (exact) mass is 427 g/mol. The van der Waals surface area contributed by atoms with Gasteiger partial charge in [0.05, 0.1) is 0 Å². The SMILES string of the molecule is CCC(=O)NC(=S)Nc1ccc(NC(=O)c2ccc(-c3ccc(Cl)cc3)o2)cc1. The highest BCUT2D eigenvalue weighted by atomic mass is 35.5. The lowest BCUT2D eigenvalue weighted by Gasteiger charge is -2.09. The number of furan rings is 1. The van der Waals surface area contributed by atoms with Crippen molar-refractivity contribution in [3.8, 4) is 11.3 Å². The van der Waals surface area contributed by atoms with Crippen molar-refractivity contribution < 1.29 is 14.0 Å². The van der Waals surface area contributed by atoms with E-state index in [0.717, 1.165) is 5.56 Å². The van der Waals surface area contributed by atoms with Crippen molar-refractivity contribution in [3.05, 3.63) is 71.4 Å². The maximum atomic E-state index is 12.4. The molecule has 3 rings (SSSR count). The van der Waals surface area contributed by atoms with Crippen molar-refractivity contribution in [3.63, 3.8) is 0 Å². The minimum Gasteiger partial charge on any atom is -0.451 e. The Hall–Kier alpha value is -3.16. The largest absolute Gasteiger partial charge is 0.451 e. The molecule has 1 heterocycles. The van der Waals surface area contributed by atoms with Crippen molar-refractivity contribution in [2.24, 2.45) is 0 Å².